The highest BCUT2D eigenvalue weighted by atomic mass is 35.5. The SMILES string of the molecule is Nc1ccc(C(=O)NC2C3CC4CC(C3)CC2C4)cc1Cl. The van der Waals surface area contributed by atoms with Crippen LogP contribution in [0, 0.1) is 23.7 Å². The Kier molecular flexibility index (Phi) is 3.14. The first-order valence-corrected chi connectivity index (χ1v) is 8.34. The Balaban J connectivity index is 1.50. The molecule has 1 aromatic rings. The van der Waals surface area contributed by atoms with E-state index in [1.807, 2.05) is 0 Å². The molecule has 3 nitrogen and oxygen atoms in total. The lowest BCUT2D eigenvalue weighted by Crippen LogP contribution is -2.55. The van der Waals surface area contributed by atoms with Gasteiger partial charge in [-0.1, -0.05) is 11.6 Å². The molecular weight excluding hydrogens is 284 g/mol. The minimum Gasteiger partial charge on any atom is -0.398 e. The fraction of sp³-hybridized carbons (Fsp3) is 0.588. The molecular formula is C17H21ClN2O. The maximum Gasteiger partial charge on any atom is 0.251 e. The minimum absolute atomic E-state index is 0.00521. The van der Waals surface area contributed by atoms with Crippen molar-refractivity contribution in [2.75, 3.05) is 5.73 Å². The number of nitrogens with one attached hydrogen (secondary N) is 1. The van der Waals surface area contributed by atoms with Crippen LogP contribution in [-0.2, 0) is 0 Å². The number of benzene rings is 1. The van der Waals surface area contributed by atoms with Crippen LogP contribution in [0.2, 0.25) is 5.02 Å². The summed E-state index contributed by atoms with van der Waals surface area (Å²) in [5.74, 6) is 3.22. The van der Waals surface area contributed by atoms with E-state index in [2.05, 4.69) is 5.32 Å². The fourth-order valence-electron chi connectivity index (χ4n) is 5.06. The summed E-state index contributed by atoms with van der Waals surface area (Å²) in [6, 6.07) is 5.49. The molecule has 0 aromatic heterocycles. The average Bonchev–Trinajstić information content (AvgIpc) is 2.45. The molecule has 0 atom stereocenters. The summed E-state index contributed by atoms with van der Waals surface area (Å²) in [5.41, 5.74) is 6.83. The molecule has 1 amide bonds. The van der Waals surface area contributed by atoms with Crippen LogP contribution in [0.3, 0.4) is 0 Å². The maximum atomic E-state index is 12.5. The van der Waals surface area contributed by atoms with Crippen molar-refractivity contribution in [3.63, 3.8) is 0 Å². The largest absolute Gasteiger partial charge is 0.398 e. The summed E-state index contributed by atoms with van der Waals surface area (Å²) >= 11 is 6.02. The van der Waals surface area contributed by atoms with Crippen LogP contribution in [0.4, 0.5) is 5.69 Å². The van der Waals surface area contributed by atoms with Gasteiger partial charge in [0.2, 0.25) is 0 Å². The second-order valence-corrected chi connectivity index (χ2v) is 7.57. The summed E-state index contributed by atoms with van der Waals surface area (Å²) < 4.78 is 0. The van der Waals surface area contributed by atoms with Crippen molar-refractivity contribution < 1.29 is 4.79 Å². The van der Waals surface area contributed by atoms with Crippen LogP contribution >= 0.6 is 11.6 Å². The topological polar surface area (TPSA) is 55.1 Å². The Hall–Kier alpha value is -1.22. The number of anilines is 1. The molecule has 4 fully saturated rings. The zero-order valence-corrected chi connectivity index (χ0v) is 12.8. The van der Waals surface area contributed by atoms with Crippen LogP contribution in [-0.4, -0.2) is 11.9 Å². The van der Waals surface area contributed by atoms with E-state index in [9.17, 15) is 4.79 Å². The third-order valence-electron chi connectivity index (χ3n) is 5.79. The van der Waals surface area contributed by atoms with Gasteiger partial charge in [0, 0.05) is 11.6 Å². The molecule has 0 unspecified atom stereocenters. The van der Waals surface area contributed by atoms with Crippen LogP contribution in [0.5, 0.6) is 0 Å². The lowest BCUT2D eigenvalue weighted by Gasteiger charge is -2.54. The third-order valence-corrected chi connectivity index (χ3v) is 6.11. The van der Waals surface area contributed by atoms with Gasteiger partial charge in [-0.2, -0.15) is 0 Å². The molecule has 0 radical (unpaired) electrons. The number of rotatable bonds is 2. The summed E-state index contributed by atoms with van der Waals surface area (Å²) in [6.45, 7) is 0. The van der Waals surface area contributed by atoms with Gasteiger partial charge in [-0.05, 0) is 74.0 Å². The fourth-order valence-corrected chi connectivity index (χ4v) is 5.24. The lowest BCUT2D eigenvalue weighted by atomic mass is 9.54. The van der Waals surface area contributed by atoms with E-state index in [-0.39, 0.29) is 5.91 Å². The third kappa shape index (κ3) is 2.32. The Labute approximate surface area is 130 Å². The molecule has 4 aliphatic carbocycles. The van der Waals surface area contributed by atoms with E-state index in [0.29, 0.717) is 34.2 Å². The van der Waals surface area contributed by atoms with Crippen molar-refractivity contribution >= 4 is 23.2 Å². The number of nitrogen functional groups attached to an aromatic ring is 1. The normalized spacial score (nSPS) is 36.7. The van der Waals surface area contributed by atoms with E-state index in [4.69, 9.17) is 17.3 Å². The number of halogens is 1. The highest BCUT2D eigenvalue weighted by molar-refractivity contribution is 6.33. The average molecular weight is 305 g/mol. The molecule has 0 heterocycles. The Morgan fingerprint density at radius 1 is 1.10 bits per heavy atom. The molecule has 4 heteroatoms. The number of nitrogens with two attached hydrogens (primary N) is 1. The Morgan fingerprint density at radius 3 is 2.29 bits per heavy atom. The number of hydrogen-bond donors (Lipinski definition) is 2. The predicted octanol–water partition coefficient (Wildman–Crippen LogP) is 3.48. The van der Waals surface area contributed by atoms with Crippen molar-refractivity contribution in [2.45, 2.75) is 38.1 Å². The van der Waals surface area contributed by atoms with Crippen molar-refractivity contribution in [3.05, 3.63) is 28.8 Å². The first-order valence-electron chi connectivity index (χ1n) is 7.96. The van der Waals surface area contributed by atoms with Crippen molar-refractivity contribution in [1.29, 1.82) is 0 Å². The summed E-state index contributed by atoms with van der Waals surface area (Å²) in [6.07, 6.45) is 6.66. The second kappa shape index (κ2) is 4.91. The first kappa shape index (κ1) is 13.4. The number of amides is 1. The van der Waals surface area contributed by atoms with Gasteiger partial charge in [-0.15, -0.1) is 0 Å². The quantitative estimate of drug-likeness (QED) is 0.822. The summed E-state index contributed by atoms with van der Waals surface area (Å²) in [5, 5.41) is 3.74. The van der Waals surface area contributed by atoms with Gasteiger partial charge in [0.1, 0.15) is 0 Å². The minimum atomic E-state index is -0.00521. The molecule has 1 aromatic carbocycles. The van der Waals surface area contributed by atoms with E-state index in [1.165, 1.54) is 32.1 Å². The Bertz CT molecular complexity index is 558. The van der Waals surface area contributed by atoms with E-state index in [0.717, 1.165) is 11.8 Å². The molecule has 0 spiro atoms. The standard InChI is InChI=1S/C17H21ClN2O/c18-14-8-11(1-2-15(14)19)17(21)20-16-12-4-9-3-10(6-12)7-13(16)5-9/h1-2,8-10,12-13,16H,3-7,19H2,(H,20,21). The van der Waals surface area contributed by atoms with Gasteiger partial charge in [-0.3, -0.25) is 4.79 Å². The van der Waals surface area contributed by atoms with Crippen molar-refractivity contribution in [3.8, 4) is 0 Å². The molecule has 112 valence electrons. The maximum absolute atomic E-state index is 12.5. The van der Waals surface area contributed by atoms with Gasteiger partial charge in [0.25, 0.3) is 5.91 Å². The van der Waals surface area contributed by atoms with Crippen molar-refractivity contribution in [1.82, 2.24) is 5.32 Å². The first-order chi connectivity index (χ1) is 10.1. The second-order valence-electron chi connectivity index (χ2n) is 7.17. The molecule has 0 saturated heterocycles. The van der Waals surface area contributed by atoms with Gasteiger partial charge < -0.3 is 11.1 Å². The van der Waals surface area contributed by atoms with Crippen LogP contribution < -0.4 is 11.1 Å². The van der Waals surface area contributed by atoms with Gasteiger partial charge >= 0.3 is 0 Å². The van der Waals surface area contributed by atoms with Crippen molar-refractivity contribution in [2.24, 2.45) is 23.7 Å². The lowest BCUT2D eigenvalue weighted by molar-refractivity contribution is -0.0119. The smallest absolute Gasteiger partial charge is 0.251 e. The van der Waals surface area contributed by atoms with E-state index >= 15 is 0 Å². The van der Waals surface area contributed by atoms with E-state index in [1.54, 1.807) is 18.2 Å². The van der Waals surface area contributed by atoms with Crippen LogP contribution in [0.25, 0.3) is 0 Å². The summed E-state index contributed by atoms with van der Waals surface area (Å²) in [7, 11) is 0. The molecule has 3 N–H and O–H groups in total. The van der Waals surface area contributed by atoms with Crippen LogP contribution in [0.15, 0.2) is 18.2 Å². The molecule has 4 bridgehead atoms. The molecule has 0 aliphatic heterocycles. The van der Waals surface area contributed by atoms with Crippen LogP contribution in [0.1, 0.15) is 42.5 Å². The predicted molar refractivity (Wildman–Crippen MR) is 84.2 cm³/mol. The zero-order valence-electron chi connectivity index (χ0n) is 12.0. The zero-order chi connectivity index (χ0) is 14.6. The number of carbonyl (C=O) groups excluding carboxylic acids is 1. The number of carbonyl (C=O) groups is 1. The summed E-state index contributed by atoms with van der Waals surface area (Å²) in [4.78, 5) is 12.5. The molecule has 21 heavy (non-hydrogen) atoms. The Morgan fingerprint density at radius 2 is 1.71 bits per heavy atom. The van der Waals surface area contributed by atoms with E-state index < -0.39 is 0 Å². The van der Waals surface area contributed by atoms with Gasteiger partial charge in [0.15, 0.2) is 0 Å². The molecule has 5 rings (SSSR count). The number of hydrogen-bond acceptors (Lipinski definition) is 2. The highest BCUT2D eigenvalue weighted by Gasteiger charge is 2.48. The van der Waals surface area contributed by atoms with Gasteiger partial charge in [-0.25, -0.2) is 0 Å². The molecule has 4 aliphatic rings. The highest BCUT2D eigenvalue weighted by Crippen LogP contribution is 2.53. The van der Waals surface area contributed by atoms with Gasteiger partial charge in [0.05, 0.1) is 10.7 Å². The monoisotopic (exact) mass is 304 g/mol. The molecule has 4 saturated carbocycles.